The maximum absolute atomic E-state index is 12.5. The van der Waals surface area contributed by atoms with Crippen molar-refractivity contribution in [2.45, 2.75) is 26.2 Å². The van der Waals surface area contributed by atoms with Gasteiger partial charge in [-0.15, -0.1) is 0 Å². The van der Waals surface area contributed by atoms with E-state index in [1.54, 1.807) is 16.6 Å². The molecule has 3 N–H and O–H groups in total. The Morgan fingerprint density at radius 3 is 2.89 bits per heavy atom. The highest BCUT2D eigenvalue weighted by Gasteiger charge is 2.28. The van der Waals surface area contributed by atoms with Gasteiger partial charge in [-0.05, 0) is 25.2 Å². The zero-order valence-electron chi connectivity index (χ0n) is 11.6. The van der Waals surface area contributed by atoms with Crippen LogP contribution in [0.1, 0.15) is 35.9 Å². The van der Waals surface area contributed by atoms with Gasteiger partial charge in [0.05, 0.1) is 11.4 Å². The molecule has 1 atom stereocenters. The molecule has 2 rings (SSSR count). The summed E-state index contributed by atoms with van der Waals surface area (Å²) in [4.78, 5) is 14.3. The molecule has 0 aliphatic carbocycles. The highest BCUT2D eigenvalue weighted by Crippen LogP contribution is 2.22. The minimum Gasteiger partial charge on any atom is -0.396 e. The fraction of sp³-hybridized carbons (Fsp3) is 0.692. The number of nitrogen functional groups attached to an aromatic ring is 1. The molecule has 1 aliphatic rings. The van der Waals surface area contributed by atoms with Crippen molar-refractivity contribution in [1.29, 1.82) is 0 Å². The summed E-state index contributed by atoms with van der Waals surface area (Å²) in [7, 11) is 1.75. The fourth-order valence-corrected chi connectivity index (χ4v) is 2.66. The molecule has 1 aromatic heterocycles. The van der Waals surface area contributed by atoms with Gasteiger partial charge in [-0.3, -0.25) is 9.48 Å². The van der Waals surface area contributed by atoms with Gasteiger partial charge >= 0.3 is 0 Å². The molecule has 6 nitrogen and oxygen atoms in total. The molecule has 1 unspecified atom stereocenters. The molecule has 0 saturated carbocycles. The quantitative estimate of drug-likeness (QED) is 0.830. The molecule has 0 bridgehead atoms. The number of aliphatic hydroxyl groups excluding tert-OH is 1. The molecule has 2 heterocycles. The van der Waals surface area contributed by atoms with Crippen molar-refractivity contribution in [2.24, 2.45) is 13.0 Å². The minimum atomic E-state index is -0.0784. The Balaban J connectivity index is 2.22. The number of hydrogen-bond donors (Lipinski definition) is 2. The summed E-state index contributed by atoms with van der Waals surface area (Å²) in [6.45, 7) is 3.42. The first kappa shape index (κ1) is 13.9. The van der Waals surface area contributed by atoms with E-state index in [1.807, 2.05) is 6.92 Å². The zero-order chi connectivity index (χ0) is 14.0. The lowest BCUT2D eigenvalue weighted by molar-refractivity contribution is 0.0611. The average Bonchev–Trinajstić information content (AvgIpc) is 2.72. The number of piperidine rings is 1. The van der Waals surface area contributed by atoms with Crippen LogP contribution in [0.3, 0.4) is 0 Å². The van der Waals surface area contributed by atoms with Crippen molar-refractivity contribution in [2.75, 3.05) is 25.4 Å². The number of nitrogens with zero attached hydrogens (tertiary/aromatic N) is 3. The SMILES string of the molecule is CCc1nn(C)c(C(=O)N2CCCC(CO)C2)c1N. The second kappa shape index (κ2) is 5.61. The van der Waals surface area contributed by atoms with Crippen molar-refractivity contribution < 1.29 is 9.90 Å². The lowest BCUT2D eigenvalue weighted by atomic mass is 9.98. The van der Waals surface area contributed by atoms with E-state index in [4.69, 9.17) is 5.73 Å². The molecule has 106 valence electrons. The molecule has 1 fully saturated rings. The van der Waals surface area contributed by atoms with Crippen LogP contribution in [-0.2, 0) is 13.5 Å². The maximum Gasteiger partial charge on any atom is 0.274 e. The third-order valence-electron chi connectivity index (χ3n) is 3.76. The minimum absolute atomic E-state index is 0.0784. The van der Waals surface area contributed by atoms with E-state index in [-0.39, 0.29) is 18.4 Å². The van der Waals surface area contributed by atoms with Gasteiger partial charge in [0.15, 0.2) is 0 Å². The number of hydrogen-bond acceptors (Lipinski definition) is 4. The van der Waals surface area contributed by atoms with E-state index in [0.717, 1.165) is 25.1 Å². The summed E-state index contributed by atoms with van der Waals surface area (Å²) < 4.78 is 1.57. The average molecular weight is 266 g/mol. The largest absolute Gasteiger partial charge is 0.396 e. The Morgan fingerprint density at radius 1 is 1.58 bits per heavy atom. The van der Waals surface area contributed by atoms with Gasteiger partial charge in [0.25, 0.3) is 5.91 Å². The van der Waals surface area contributed by atoms with Gasteiger partial charge in [0, 0.05) is 26.7 Å². The van der Waals surface area contributed by atoms with Crippen LogP contribution >= 0.6 is 0 Å². The smallest absolute Gasteiger partial charge is 0.274 e. The van der Waals surface area contributed by atoms with E-state index in [1.165, 1.54) is 0 Å². The number of amides is 1. The third kappa shape index (κ3) is 2.58. The number of anilines is 1. The first-order valence-electron chi connectivity index (χ1n) is 6.79. The predicted octanol–water partition coefficient (Wildman–Crippen LogP) is 0.409. The summed E-state index contributed by atoms with van der Waals surface area (Å²) in [6, 6.07) is 0. The highest BCUT2D eigenvalue weighted by molar-refractivity contribution is 5.98. The first-order chi connectivity index (χ1) is 9.08. The number of aliphatic hydroxyl groups is 1. The summed E-state index contributed by atoms with van der Waals surface area (Å²) >= 11 is 0. The second-order valence-corrected chi connectivity index (χ2v) is 5.13. The number of carbonyl (C=O) groups is 1. The van der Waals surface area contributed by atoms with Crippen LogP contribution in [0.25, 0.3) is 0 Å². The Hall–Kier alpha value is -1.56. The van der Waals surface area contributed by atoms with E-state index in [9.17, 15) is 9.90 Å². The van der Waals surface area contributed by atoms with Gasteiger partial charge in [-0.25, -0.2) is 0 Å². The molecule has 19 heavy (non-hydrogen) atoms. The predicted molar refractivity (Wildman–Crippen MR) is 72.7 cm³/mol. The van der Waals surface area contributed by atoms with Gasteiger partial charge in [-0.1, -0.05) is 6.92 Å². The maximum atomic E-state index is 12.5. The van der Waals surface area contributed by atoms with E-state index >= 15 is 0 Å². The zero-order valence-corrected chi connectivity index (χ0v) is 11.6. The number of carbonyl (C=O) groups excluding carboxylic acids is 1. The van der Waals surface area contributed by atoms with Crippen LogP contribution in [-0.4, -0.2) is 45.4 Å². The van der Waals surface area contributed by atoms with E-state index in [0.29, 0.717) is 24.3 Å². The summed E-state index contributed by atoms with van der Waals surface area (Å²) in [6.07, 6.45) is 2.61. The number of likely N-dealkylation sites (tertiary alicyclic amines) is 1. The molecule has 1 aliphatic heterocycles. The summed E-state index contributed by atoms with van der Waals surface area (Å²) in [5.74, 6) is 0.100. The normalized spacial score (nSPS) is 19.7. The third-order valence-corrected chi connectivity index (χ3v) is 3.76. The number of rotatable bonds is 3. The van der Waals surface area contributed by atoms with E-state index < -0.39 is 0 Å². The van der Waals surface area contributed by atoms with E-state index in [2.05, 4.69) is 5.10 Å². The molecule has 0 aromatic carbocycles. The molecule has 6 heteroatoms. The second-order valence-electron chi connectivity index (χ2n) is 5.13. The number of aromatic nitrogens is 2. The topological polar surface area (TPSA) is 84.4 Å². The van der Waals surface area contributed by atoms with Crippen LogP contribution in [0.15, 0.2) is 0 Å². The molecule has 1 amide bonds. The lowest BCUT2D eigenvalue weighted by Gasteiger charge is -2.31. The Bertz CT molecular complexity index is 469. The van der Waals surface area contributed by atoms with Crippen LogP contribution < -0.4 is 5.73 Å². The summed E-state index contributed by atoms with van der Waals surface area (Å²) in [5.41, 5.74) is 7.73. The molecular weight excluding hydrogens is 244 g/mol. The van der Waals surface area contributed by atoms with Crippen LogP contribution in [0.2, 0.25) is 0 Å². The van der Waals surface area contributed by atoms with Gasteiger partial charge in [-0.2, -0.15) is 5.10 Å². The van der Waals surface area contributed by atoms with Crippen molar-refractivity contribution >= 4 is 11.6 Å². The van der Waals surface area contributed by atoms with Crippen LogP contribution in [0, 0.1) is 5.92 Å². The van der Waals surface area contributed by atoms with Gasteiger partial charge in [0.1, 0.15) is 5.69 Å². The number of aryl methyl sites for hydroxylation is 2. The fourth-order valence-electron chi connectivity index (χ4n) is 2.66. The van der Waals surface area contributed by atoms with Gasteiger partial charge in [0.2, 0.25) is 0 Å². The van der Waals surface area contributed by atoms with Crippen molar-refractivity contribution in [1.82, 2.24) is 14.7 Å². The molecule has 0 radical (unpaired) electrons. The van der Waals surface area contributed by atoms with Crippen LogP contribution in [0.5, 0.6) is 0 Å². The number of nitrogens with two attached hydrogens (primary N) is 1. The standard InChI is InChI=1S/C13H22N4O2/c1-3-10-11(14)12(16(2)15-10)13(19)17-6-4-5-9(7-17)8-18/h9,18H,3-8,14H2,1-2H3. The lowest BCUT2D eigenvalue weighted by Crippen LogP contribution is -2.41. The Kier molecular flexibility index (Phi) is 4.09. The van der Waals surface area contributed by atoms with Crippen LogP contribution in [0.4, 0.5) is 5.69 Å². The van der Waals surface area contributed by atoms with Crippen molar-refractivity contribution in [3.8, 4) is 0 Å². The molecular formula is C13H22N4O2. The molecule has 1 saturated heterocycles. The van der Waals surface area contributed by atoms with Crippen molar-refractivity contribution in [3.63, 3.8) is 0 Å². The molecule has 1 aromatic rings. The molecule has 0 spiro atoms. The Morgan fingerprint density at radius 2 is 2.32 bits per heavy atom. The Labute approximate surface area is 113 Å². The highest BCUT2D eigenvalue weighted by atomic mass is 16.3. The van der Waals surface area contributed by atoms with Crippen molar-refractivity contribution in [3.05, 3.63) is 11.4 Å². The monoisotopic (exact) mass is 266 g/mol. The first-order valence-corrected chi connectivity index (χ1v) is 6.79. The summed E-state index contributed by atoms with van der Waals surface area (Å²) in [5, 5.41) is 13.5. The van der Waals surface area contributed by atoms with Gasteiger partial charge < -0.3 is 15.7 Å².